The smallest absolute Gasteiger partial charge is 0.257 e. The maximum Gasteiger partial charge on any atom is 0.257 e. The third-order valence-electron chi connectivity index (χ3n) is 6.31. The van der Waals surface area contributed by atoms with E-state index in [4.69, 9.17) is 9.47 Å². The molecule has 3 amide bonds. The van der Waals surface area contributed by atoms with E-state index in [-0.39, 0.29) is 30.6 Å². The highest BCUT2D eigenvalue weighted by Crippen LogP contribution is 2.26. The molecule has 0 radical (unpaired) electrons. The standard InChI is InChI=1S/C26H30N4O5/c1-34-20-8-9-21(23(18-20)35-2)26(33)29-16-14-28(15-17-29)24(31)10-11-25(32)30-13-12-22(27-30)19-6-4-3-5-7-19/h3-9,18H,10-17H2,1-2H3. The van der Waals surface area contributed by atoms with Gasteiger partial charge < -0.3 is 19.3 Å². The lowest BCUT2D eigenvalue weighted by molar-refractivity contribution is -0.137. The number of methoxy groups -OCH3 is 2. The van der Waals surface area contributed by atoms with Gasteiger partial charge in [0, 0.05) is 51.5 Å². The van der Waals surface area contributed by atoms with Crippen LogP contribution < -0.4 is 9.47 Å². The summed E-state index contributed by atoms with van der Waals surface area (Å²) >= 11 is 0. The van der Waals surface area contributed by atoms with Crippen LogP contribution in [0.5, 0.6) is 11.5 Å². The monoisotopic (exact) mass is 478 g/mol. The number of nitrogens with zero attached hydrogens (tertiary/aromatic N) is 4. The van der Waals surface area contributed by atoms with E-state index in [1.807, 2.05) is 30.3 Å². The third-order valence-corrected chi connectivity index (χ3v) is 6.31. The molecule has 0 aliphatic carbocycles. The minimum Gasteiger partial charge on any atom is -0.497 e. The fourth-order valence-corrected chi connectivity index (χ4v) is 4.28. The molecule has 0 aromatic heterocycles. The molecule has 0 bridgehead atoms. The Kier molecular flexibility index (Phi) is 7.64. The molecule has 2 aliphatic heterocycles. The van der Waals surface area contributed by atoms with E-state index in [9.17, 15) is 14.4 Å². The van der Waals surface area contributed by atoms with Gasteiger partial charge in [-0.25, -0.2) is 5.01 Å². The largest absolute Gasteiger partial charge is 0.497 e. The summed E-state index contributed by atoms with van der Waals surface area (Å²) in [5, 5.41) is 5.91. The highest BCUT2D eigenvalue weighted by atomic mass is 16.5. The molecule has 2 aliphatic rings. The Balaban J connectivity index is 1.26. The molecule has 0 N–H and O–H groups in total. The molecule has 35 heavy (non-hydrogen) atoms. The quantitative estimate of drug-likeness (QED) is 0.610. The second kappa shape index (κ2) is 11.0. The number of hydrogen-bond acceptors (Lipinski definition) is 6. The van der Waals surface area contributed by atoms with E-state index in [0.717, 1.165) is 11.3 Å². The van der Waals surface area contributed by atoms with E-state index in [1.54, 1.807) is 35.1 Å². The Morgan fingerprint density at radius 1 is 0.829 bits per heavy atom. The topological polar surface area (TPSA) is 91.8 Å². The van der Waals surface area contributed by atoms with E-state index >= 15 is 0 Å². The predicted octanol–water partition coefficient (Wildman–Crippen LogP) is 2.41. The average molecular weight is 479 g/mol. The number of carbonyl (C=O) groups excluding carboxylic acids is 3. The van der Waals surface area contributed by atoms with Gasteiger partial charge in [-0.15, -0.1) is 0 Å². The van der Waals surface area contributed by atoms with Crippen LogP contribution in [0.25, 0.3) is 0 Å². The predicted molar refractivity (Wildman–Crippen MR) is 131 cm³/mol. The molecule has 0 spiro atoms. The van der Waals surface area contributed by atoms with Crippen molar-refractivity contribution in [2.24, 2.45) is 5.10 Å². The van der Waals surface area contributed by atoms with Gasteiger partial charge in [-0.05, 0) is 17.7 Å². The highest BCUT2D eigenvalue weighted by Gasteiger charge is 2.28. The second-order valence-corrected chi connectivity index (χ2v) is 8.42. The Morgan fingerprint density at radius 2 is 1.51 bits per heavy atom. The first-order valence-electron chi connectivity index (χ1n) is 11.7. The first-order valence-corrected chi connectivity index (χ1v) is 11.7. The van der Waals surface area contributed by atoms with Crippen LogP contribution in [0, 0.1) is 0 Å². The summed E-state index contributed by atoms with van der Waals surface area (Å²) in [6.45, 7) is 2.23. The fraction of sp³-hybridized carbons (Fsp3) is 0.385. The molecule has 2 aromatic carbocycles. The lowest BCUT2D eigenvalue weighted by Gasteiger charge is -2.35. The summed E-state index contributed by atoms with van der Waals surface area (Å²) < 4.78 is 10.5. The molecule has 2 heterocycles. The molecule has 0 unspecified atom stereocenters. The molecule has 9 nitrogen and oxygen atoms in total. The van der Waals surface area contributed by atoms with Crippen LogP contribution in [0.4, 0.5) is 0 Å². The summed E-state index contributed by atoms with van der Waals surface area (Å²) in [5.74, 6) is 0.683. The second-order valence-electron chi connectivity index (χ2n) is 8.42. The Bertz CT molecular complexity index is 1110. The van der Waals surface area contributed by atoms with Crippen LogP contribution in [0.3, 0.4) is 0 Å². The summed E-state index contributed by atoms with van der Waals surface area (Å²) in [6.07, 6.45) is 0.955. The van der Waals surface area contributed by atoms with Gasteiger partial charge in [0.2, 0.25) is 11.8 Å². The summed E-state index contributed by atoms with van der Waals surface area (Å²) in [5.41, 5.74) is 2.36. The SMILES string of the molecule is COc1ccc(C(=O)N2CCN(C(=O)CCC(=O)N3CCC(c4ccccc4)=N3)CC2)c(OC)c1. The van der Waals surface area contributed by atoms with Crippen molar-refractivity contribution in [3.63, 3.8) is 0 Å². The van der Waals surface area contributed by atoms with Crippen LogP contribution >= 0.6 is 0 Å². The molecule has 2 aromatic rings. The van der Waals surface area contributed by atoms with Gasteiger partial charge in [-0.1, -0.05) is 30.3 Å². The number of amides is 3. The van der Waals surface area contributed by atoms with Crippen LogP contribution in [-0.4, -0.2) is 85.2 Å². The van der Waals surface area contributed by atoms with E-state index in [2.05, 4.69) is 5.10 Å². The molecule has 1 fully saturated rings. The van der Waals surface area contributed by atoms with Crippen molar-refractivity contribution in [1.82, 2.24) is 14.8 Å². The Labute approximate surface area is 204 Å². The van der Waals surface area contributed by atoms with Crippen LogP contribution in [-0.2, 0) is 9.59 Å². The van der Waals surface area contributed by atoms with Gasteiger partial charge in [0.15, 0.2) is 0 Å². The molecule has 9 heteroatoms. The van der Waals surface area contributed by atoms with Gasteiger partial charge in [0.1, 0.15) is 11.5 Å². The Morgan fingerprint density at radius 3 is 2.20 bits per heavy atom. The normalized spacial score (nSPS) is 15.6. The summed E-state index contributed by atoms with van der Waals surface area (Å²) in [6, 6.07) is 14.9. The fourth-order valence-electron chi connectivity index (χ4n) is 4.28. The number of ether oxygens (including phenoxy) is 2. The van der Waals surface area contributed by atoms with Crippen molar-refractivity contribution >= 4 is 23.4 Å². The zero-order valence-corrected chi connectivity index (χ0v) is 20.1. The number of carbonyl (C=O) groups is 3. The van der Waals surface area contributed by atoms with Crippen molar-refractivity contribution < 1.29 is 23.9 Å². The highest BCUT2D eigenvalue weighted by molar-refractivity contribution is 6.02. The van der Waals surface area contributed by atoms with E-state index in [1.165, 1.54) is 12.1 Å². The Hall–Kier alpha value is -3.88. The van der Waals surface area contributed by atoms with Crippen molar-refractivity contribution in [1.29, 1.82) is 0 Å². The molecule has 4 rings (SSSR count). The van der Waals surface area contributed by atoms with Crippen molar-refractivity contribution in [2.75, 3.05) is 46.9 Å². The van der Waals surface area contributed by atoms with Gasteiger partial charge >= 0.3 is 0 Å². The number of benzene rings is 2. The zero-order valence-electron chi connectivity index (χ0n) is 20.1. The third kappa shape index (κ3) is 5.62. The zero-order chi connectivity index (χ0) is 24.8. The first-order chi connectivity index (χ1) is 17.0. The molecule has 0 atom stereocenters. The van der Waals surface area contributed by atoms with E-state index < -0.39 is 0 Å². The number of rotatable bonds is 7. The lowest BCUT2D eigenvalue weighted by Crippen LogP contribution is -2.50. The maximum atomic E-state index is 13.0. The van der Waals surface area contributed by atoms with Gasteiger partial charge in [-0.3, -0.25) is 14.4 Å². The molecular formula is C26H30N4O5. The maximum absolute atomic E-state index is 13.0. The average Bonchev–Trinajstić information content (AvgIpc) is 3.42. The number of piperazine rings is 1. The van der Waals surface area contributed by atoms with Gasteiger partial charge in [0.05, 0.1) is 32.0 Å². The molecule has 184 valence electrons. The van der Waals surface area contributed by atoms with Crippen LogP contribution in [0.2, 0.25) is 0 Å². The molecule has 1 saturated heterocycles. The van der Waals surface area contributed by atoms with Crippen molar-refractivity contribution in [3.8, 4) is 11.5 Å². The minimum atomic E-state index is -0.148. The lowest BCUT2D eigenvalue weighted by atomic mass is 10.1. The first kappa shape index (κ1) is 24.3. The summed E-state index contributed by atoms with van der Waals surface area (Å²) in [7, 11) is 3.07. The van der Waals surface area contributed by atoms with E-state index in [0.29, 0.717) is 56.2 Å². The van der Waals surface area contributed by atoms with Crippen LogP contribution in [0.15, 0.2) is 53.6 Å². The van der Waals surface area contributed by atoms with Crippen molar-refractivity contribution in [3.05, 3.63) is 59.7 Å². The molecule has 0 saturated carbocycles. The number of hydrazone groups is 1. The van der Waals surface area contributed by atoms with Gasteiger partial charge in [0.25, 0.3) is 5.91 Å². The minimum absolute atomic E-state index is 0.0843. The molecular weight excluding hydrogens is 448 g/mol. The van der Waals surface area contributed by atoms with Crippen molar-refractivity contribution in [2.45, 2.75) is 19.3 Å². The summed E-state index contributed by atoms with van der Waals surface area (Å²) in [4.78, 5) is 41.7. The van der Waals surface area contributed by atoms with Crippen LogP contribution in [0.1, 0.15) is 35.2 Å². The van der Waals surface area contributed by atoms with Gasteiger partial charge in [-0.2, -0.15) is 5.10 Å². The number of hydrogen-bond donors (Lipinski definition) is 0.